The molecule has 2 heterocycles. The molecule has 2 aromatic rings. The van der Waals surface area contributed by atoms with Crippen molar-refractivity contribution in [3.05, 3.63) is 63.0 Å². The van der Waals surface area contributed by atoms with Crippen molar-refractivity contribution in [3.63, 3.8) is 0 Å². The quantitative estimate of drug-likeness (QED) is 0.644. The highest BCUT2D eigenvalue weighted by atomic mass is 32.1. The number of carbonyl (C=O) groups excluding carboxylic acids is 1. The first-order valence-corrected chi connectivity index (χ1v) is 9.22. The second kappa shape index (κ2) is 6.98. The van der Waals surface area contributed by atoms with Crippen molar-refractivity contribution in [2.45, 2.75) is 26.8 Å². The molecule has 0 radical (unpaired) electrons. The van der Waals surface area contributed by atoms with Crippen LogP contribution in [0.5, 0.6) is 0 Å². The first kappa shape index (κ1) is 17.6. The van der Waals surface area contributed by atoms with Gasteiger partial charge in [-0.2, -0.15) is 0 Å². The van der Waals surface area contributed by atoms with Crippen molar-refractivity contribution < 1.29 is 9.53 Å². The molecule has 4 nitrogen and oxygen atoms in total. The Balaban J connectivity index is 2.16. The Morgan fingerprint density at radius 2 is 1.92 bits per heavy atom. The number of rotatable bonds is 3. The van der Waals surface area contributed by atoms with Crippen LogP contribution in [-0.2, 0) is 9.53 Å². The van der Waals surface area contributed by atoms with E-state index in [0.717, 1.165) is 27.4 Å². The summed E-state index contributed by atoms with van der Waals surface area (Å²) in [6.45, 7) is 6.01. The van der Waals surface area contributed by atoms with Gasteiger partial charge in [-0.05, 0) is 67.7 Å². The summed E-state index contributed by atoms with van der Waals surface area (Å²) in [6.07, 6.45) is 0. The lowest BCUT2D eigenvalue weighted by atomic mass is 10.00. The van der Waals surface area contributed by atoms with Gasteiger partial charge in [0.05, 0.1) is 18.7 Å². The third-order valence-corrected chi connectivity index (χ3v) is 5.42. The van der Waals surface area contributed by atoms with Gasteiger partial charge in [-0.1, -0.05) is 12.1 Å². The normalized spacial score (nSPS) is 17.5. The molecule has 0 bridgehead atoms. The molecule has 25 heavy (non-hydrogen) atoms. The van der Waals surface area contributed by atoms with Crippen LogP contribution in [0.15, 0.2) is 47.0 Å². The molecule has 6 heteroatoms. The van der Waals surface area contributed by atoms with Crippen LogP contribution in [0.2, 0.25) is 0 Å². The van der Waals surface area contributed by atoms with Gasteiger partial charge in [0.15, 0.2) is 5.11 Å². The van der Waals surface area contributed by atoms with E-state index in [0.29, 0.717) is 10.7 Å². The lowest BCUT2D eigenvalue weighted by molar-refractivity contribution is -0.136. The van der Waals surface area contributed by atoms with Crippen LogP contribution in [0.3, 0.4) is 0 Å². The largest absolute Gasteiger partial charge is 0.466 e. The summed E-state index contributed by atoms with van der Waals surface area (Å²) in [7, 11) is 1.40. The summed E-state index contributed by atoms with van der Waals surface area (Å²) < 4.78 is 5.05. The van der Waals surface area contributed by atoms with Crippen LogP contribution in [0.25, 0.3) is 0 Å². The fourth-order valence-corrected chi connectivity index (χ4v) is 4.32. The van der Waals surface area contributed by atoms with Crippen molar-refractivity contribution in [1.29, 1.82) is 0 Å². The Morgan fingerprint density at radius 3 is 2.48 bits per heavy atom. The number of hydrogen-bond donors (Lipinski definition) is 1. The second-order valence-corrected chi connectivity index (χ2v) is 7.44. The molecule has 1 aliphatic rings. The zero-order valence-corrected chi connectivity index (χ0v) is 16.3. The first-order chi connectivity index (χ1) is 11.9. The van der Waals surface area contributed by atoms with Gasteiger partial charge in [0, 0.05) is 16.3 Å². The minimum absolute atomic E-state index is 0.290. The number of anilines is 1. The van der Waals surface area contributed by atoms with E-state index in [1.807, 2.05) is 43.2 Å². The Hall–Kier alpha value is -2.18. The molecule has 1 aliphatic heterocycles. The number of aryl methyl sites for hydroxylation is 2. The number of benzene rings is 1. The van der Waals surface area contributed by atoms with E-state index in [9.17, 15) is 4.79 Å². The molecule has 0 fully saturated rings. The number of esters is 1. The van der Waals surface area contributed by atoms with Crippen LogP contribution in [-0.4, -0.2) is 18.2 Å². The standard InChI is InChI=1S/C19H20N2O2S2/c1-11-8-12(2)10-14(9-11)21-13(3)16(18(22)23-4)17(20-19(21)24)15-6-5-7-25-15/h5-10,17H,1-4H3,(H,20,24)/t17-/m1/s1. The van der Waals surface area contributed by atoms with Crippen molar-refractivity contribution in [2.24, 2.45) is 0 Å². The molecule has 0 saturated heterocycles. The SMILES string of the molecule is COC(=O)C1=C(C)N(c2cc(C)cc(C)c2)C(=S)N[C@@H]1c1cccs1. The minimum Gasteiger partial charge on any atom is -0.466 e. The smallest absolute Gasteiger partial charge is 0.338 e. The Labute approximate surface area is 157 Å². The first-order valence-electron chi connectivity index (χ1n) is 7.93. The van der Waals surface area contributed by atoms with Crippen molar-refractivity contribution in [3.8, 4) is 0 Å². The maximum Gasteiger partial charge on any atom is 0.338 e. The van der Waals surface area contributed by atoms with Crippen molar-refractivity contribution in [2.75, 3.05) is 12.0 Å². The lowest BCUT2D eigenvalue weighted by Gasteiger charge is -2.37. The van der Waals surface area contributed by atoms with E-state index in [1.54, 1.807) is 11.3 Å². The topological polar surface area (TPSA) is 41.6 Å². The van der Waals surface area contributed by atoms with Crippen LogP contribution < -0.4 is 10.2 Å². The van der Waals surface area contributed by atoms with Gasteiger partial charge in [-0.3, -0.25) is 4.90 Å². The summed E-state index contributed by atoms with van der Waals surface area (Å²) in [5, 5.41) is 5.88. The molecular formula is C19H20N2O2S2. The number of allylic oxidation sites excluding steroid dienone is 1. The number of thiocarbonyl (C=S) groups is 1. The highest BCUT2D eigenvalue weighted by Gasteiger charge is 2.35. The van der Waals surface area contributed by atoms with E-state index >= 15 is 0 Å². The van der Waals surface area contributed by atoms with E-state index in [4.69, 9.17) is 17.0 Å². The van der Waals surface area contributed by atoms with Gasteiger partial charge in [-0.15, -0.1) is 11.3 Å². The average molecular weight is 373 g/mol. The van der Waals surface area contributed by atoms with E-state index < -0.39 is 0 Å². The molecule has 130 valence electrons. The highest BCUT2D eigenvalue weighted by Crippen LogP contribution is 2.36. The Morgan fingerprint density at radius 1 is 1.24 bits per heavy atom. The van der Waals surface area contributed by atoms with E-state index in [-0.39, 0.29) is 12.0 Å². The van der Waals surface area contributed by atoms with Gasteiger partial charge in [0.1, 0.15) is 0 Å². The zero-order chi connectivity index (χ0) is 18.1. The van der Waals surface area contributed by atoms with Crippen LogP contribution >= 0.6 is 23.6 Å². The Bertz CT molecular complexity index is 836. The molecule has 1 aromatic carbocycles. The number of hydrogen-bond acceptors (Lipinski definition) is 4. The van der Waals surface area contributed by atoms with Crippen LogP contribution in [0.4, 0.5) is 5.69 Å². The molecule has 0 unspecified atom stereocenters. The summed E-state index contributed by atoms with van der Waals surface area (Å²) in [6, 6.07) is 9.90. The third-order valence-electron chi connectivity index (χ3n) is 4.18. The van der Waals surface area contributed by atoms with Gasteiger partial charge < -0.3 is 10.1 Å². The van der Waals surface area contributed by atoms with Crippen molar-refractivity contribution >= 4 is 40.3 Å². The van der Waals surface area contributed by atoms with E-state index in [2.05, 4.69) is 23.5 Å². The number of methoxy groups -OCH3 is 1. The van der Waals surface area contributed by atoms with Gasteiger partial charge in [0.25, 0.3) is 0 Å². The second-order valence-electron chi connectivity index (χ2n) is 6.07. The minimum atomic E-state index is -0.347. The number of nitrogens with zero attached hydrogens (tertiary/aromatic N) is 1. The van der Waals surface area contributed by atoms with Crippen LogP contribution in [0.1, 0.15) is 29.0 Å². The molecule has 1 atom stereocenters. The van der Waals surface area contributed by atoms with Crippen LogP contribution in [0, 0.1) is 13.8 Å². The molecular weight excluding hydrogens is 352 g/mol. The number of thiophene rings is 1. The summed E-state index contributed by atoms with van der Waals surface area (Å²) >= 11 is 7.22. The highest BCUT2D eigenvalue weighted by molar-refractivity contribution is 7.80. The lowest BCUT2D eigenvalue weighted by Crippen LogP contribution is -2.47. The molecule has 3 rings (SSSR count). The van der Waals surface area contributed by atoms with Gasteiger partial charge in [-0.25, -0.2) is 4.79 Å². The third kappa shape index (κ3) is 3.32. The summed E-state index contributed by atoms with van der Waals surface area (Å²) in [5.74, 6) is -0.347. The number of nitrogens with one attached hydrogen (secondary N) is 1. The van der Waals surface area contributed by atoms with Gasteiger partial charge >= 0.3 is 5.97 Å². The van der Waals surface area contributed by atoms with E-state index in [1.165, 1.54) is 7.11 Å². The predicted octanol–water partition coefficient (Wildman–Crippen LogP) is 4.25. The fraction of sp³-hybridized carbons (Fsp3) is 0.263. The summed E-state index contributed by atoms with van der Waals surface area (Å²) in [5.41, 5.74) is 4.60. The molecule has 1 N–H and O–H groups in total. The molecule has 0 aliphatic carbocycles. The molecule has 0 amide bonds. The molecule has 1 aromatic heterocycles. The number of carbonyl (C=O) groups is 1. The fourth-order valence-electron chi connectivity index (χ4n) is 3.18. The van der Waals surface area contributed by atoms with Crippen molar-refractivity contribution in [1.82, 2.24) is 5.32 Å². The average Bonchev–Trinajstić information content (AvgIpc) is 3.07. The predicted molar refractivity (Wildman–Crippen MR) is 106 cm³/mol. The molecule has 0 spiro atoms. The zero-order valence-electron chi connectivity index (χ0n) is 14.6. The molecule has 0 saturated carbocycles. The Kier molecular flexibility index (Phi) is 4.92. The van der Waals surface area contributed by atoms with Gasteiger partial charge in [0.2, 0.25) is 0 Å². The maximum absolute atomic E-state index is 12.5. The number of ether oxygens (including phenoxy) is 1. The monoisotopic (exact) mass is 372 g/mol. The summed E-state index contributed by atoms with van der Waals surface area (Å²) in [4.78, 5) is 15.5. The maximum atomic E-state index is 12.5.